The number of amides is 1. The first kappa shape index (κ1) is 33.2. The maximum Gasteiger partial charge on any atom is 0.309 e. The number of rotatable bonds is 13. The smallest absolute Gasteiger partial charge is 0.309 e. The number of carboxylic acids is 1. The van der Waals surface area contributed by atoms with Gasteiger partial charge >= 0.3 is 5.97 Å². The van der Waals surface area contributed by atoms with E-state index >= 15 is 0 Å². The summed E-state index contributed by atoms with van der Waals surface area (Å²) >= 11 is 0. The molecule has 2 aliphatic rings. The summed E-state index contributed by atoms with van der Waals surface area (Å²) in [5, 5.41) is 13.7. The first-order valence-electron chi connectivity index (χ1n) is 16.0. The molecular weight excluding hydrogens is 591 g/mol. The SMILES string of the molecule is CCc1cc(F)cc(CC)c1NC(=O)CN1C[C@H](c2ccc3c(c2)OCCO3)[C@@H](C(=O)O)[C@@H]1c1ccc(OCCOC(C)C)cc1. The summed E-state index contributed by atoms with van der Waals surface area (Å²) in [6, 6.07) is 15.2. The lowest BCUT2D eigenvalue weighted by molar-refractivity contribution is -0.143. The van der Waals surface area contributed by atoms with Crippen LogP contribution in [-0.2, 0) is 27.2 Å². The van der Waals surface area contributed by atoms with Crippen molar-refractivity contribution in [1.82, 2.24) is 4.90 Å². The normalized spacial score (nSPS) is 19.3. The van der Waals surface area contributed by atoms with Crippen LogP contribution in [-0.4, -0.2) is 67.5 Å². The van der Waals surface area contributed by atoms with Crippen LogP contribution in [0.1, 0.15) is 61.9 Å². The van der Waals surface area contributed by atoms with Crippen LogP contribution >= 0.6 is 0 Å². The number of nitrogens with zero attached hydrogens (tertiary/aromatic N) is 1. The lowest BCUT2D eigenvalue weighted by Gasteiger charge is -2.27. The summed E-state index contributed by atoms with van der Waals surface area (Å²) in [5.41, 5.74) is 3.62. The van der Waals surface area contributed by atoms with Crippen molar-refractivity contribution < 1.29 is 38.0 Å². The van der Waals surface area contributed by atoms with E-state index in [4.69, 9.17) is 18.9 Å². The van der Waals surface area contributed by atoms with Crippen molar-refractivity contribution in [3.05, 3.63) is 82.7 Å². The van der Waals surface area contributed by atoms with Crippen molar-refractivity contribution in [2.24, 2.45) is 5.92 Å². The minimum absolute atomic E-state index is 0.0516. The molecule has 10 heteroatoms. The predicted octanol–water partition coefficient (Wildman–Crippen LogP) is 6.01. The van der Waals surface area contributed by atoms with Crippen LogP contribution in [0.5, 0.6) is 17.2 Å². The van der Waals surface area contributed by atoms with Crippen LogP contribution in [0.3, 0.4) is 0 Å². The lowest BCUT2D eigenvalue weighted by Crippen LogP contribution is -2.35. The minimum Gasteiger partial charge on any atom is -0.491 e. The molecule has 3 aromatic carbocycles. The van der Waals surface area contributed by atoms with Gasteiger partial charge < -0.3 is 29.4 Å². The number of benzene rings is 3. The number of carbonyl (C=O) groups excluding carboxylic acids is 1. The molecule has 1 fully saturated rings. The largest absolute Gasteiger partial charge is 0.491 e. The third-order valence-corrected chi connectivity index (χ3v) is 8.54. The standard InChI is InChI=1S/C36H43FN2O7/c1-5-23-17-27(37)18-24(6-2)34(23)38-32(40)21-39-20-29(26-9-12-30-31(19-26)46-16-15-45-30)33(36(41)42)35(39)25-7-10-28(11-8-25)44-14-13-43-22(3)4/h7-12,17-19,22,29,33,35H,5-6,13-16,20-21H2,1-4H3,(H,38,40)(H,41,42)/t29-,33-,35+/m1/s1. The zero-order valence-electron chi connectivity index (χ0n) is 26.9. The van der Waals surface area contributed by atoms with E-state index < -0.39 is 23.8 Å². The van der Waals surface area contributed by atoms with Crippen LogP contribution in [0.4, 0.5) is 10.1 Å². The molecule has 0 unspecified atom stereocenters. The number of hydrogen-bond donors (Lipinski definition) is 2. The summed E-state index contributed by atoms with van der Waals surface area (Å²) in [4.78, 5) is 28.6. The highest BCUT2D eigenvalue weighted by molar-refractivity contribution is 5.94. The molecule has 0 radical (unpaired) electrons. The number of fused-ring (bicyclic) bond motifs is 1. The molecular formula is C36H43FN2O7. The van der Waals surface area contributed by atoms with Crippen molar-refractivity contribution in [1.29, 1.82) is 0 Å². The van der Waals surface area contributed by atoms with E-state index in [0.29, 0.717) is 68.7 Å². The van der Waals surface area contributed by atoms with Gasteiger partial charge in [-0.3, -0.25) is 14.5 Å². The van der Waals surface area contributed by atoms with Gasteiger partial charge in [0, 0.05) is 24.2 Å². The van der Waals surface area contributed by atoms with Gasteiger partial charge in [0.25, 0.3) is 0 Å². The maximum absolute atomic E-state index is 14.3. The van der Waals surface area contributed by atoms with Gasteiger partial charge in [0.15, 0.2) is 11.5 Å². The van der Waals surface area contributed by atoms with E-state index in [2.05, 4.69) is 5.32 Å². The van der Waals surface area contributed by atoms with Gasteiger partial charge in [-0.05, 0) is 85.3 Å². The molecule has 2 heterocycles. The molecule has 1 saturated heterocycles. The highest BCUT2D eigenvalue weighted by Crippen LogP contribution is 2.47. The molecule has 0 spiro atoms. The van der Waals surface area contributed by atoms with E-state index in [1.165, 1.54) is 12.1 Å². The van der Waals surface area contributed by atoms with Gasteiger partial charge in [-0.25, -0.2) is 4.39 Å². The number of anilines is 1. The highest BCUT2D eigenvalue weighted by atomic mass is 19.1. The van der Waals surface area contributed by atoms with Crippen LogP contribution in [0.25, 0.3) is 0 Å². The van der Waals surface area contributed by atoms with Crippen molar-refractivity contribution in [2.45, 2.75) is 58.6 Å². The summed E-state index contributed by atoms with van der Waals surface area (Å²) in [7, 11) is 0. The Bertz CT molecular complexity index is 1500. The lowest BCUT2D eigenvalue weighted by atomic mass is 9.82. The second kappa shape index (κ2) is 15.0. The summed E-state index contributed by atoms with van der Waals surface area (Å²) in [6.45, 7) is 9.75. The summed E-state index contributed by atoms with van der Waals surface area (Å²) in [5.74, 6) is -1.03. The number of ether oxygens (including phenoxy) is 4. The van der Waals surface area contributed by atoms with Crippen molar-refractivity contribution >= 4 is 17.6 Å². The van der Waals surface area contributed by atoms with Crippen LogP contribution in [0.15, 0.2) is 54.6 Å². The number of nitrogens with one attached hydrogen (secondary N) is 1. The van der Waals surface area contributed by atoms with Crippen LogP contribution < -0.4 is 19.5 Å². The zero-order chi connectivity index (χ0) is 32.8. The minimum atomic E-state index is -0.959. The molecule has 246 valence electrons. The summed E-state index contributed by atoms with van der Waals surface area (Å²) < 4.78 is 37.1. The van der Waals surface area contributed by atoms with Crippen LogP contribution in [0.2, 0.25) is 0 Å². The molecule has 0 aliphatic carbocycles. The van der Waals surface area contributed by atoms with E-state index in [0.717, 1.165) is 22.3 Å². The van der Waals surface area contributed by atoms with Crippen molar-refractivity contribution in [3.8, 4) is 17.2 Å². The molecule has 0 aromatic heterocycles. The second-order valence-corrected chi connectivity index (χ2v) is 11.9. The summed E-state index contributed by atoms with van der Waals surface area (Å²) in [6.07, 6.45) is 1.22. The fourth-order valence-electron chi connectivity index (χ4n) is 6.43. The fourth-order valence-corrected chi connectivity index (χ4v) is 6.43. The Kier molecular flexibility index (Phi) is 10.8. The van der Waals surface area contributed by atoms with Gasteiger partial charge in [-0.2, -0.15) is 0 Å². The van der Waals surface area contributed by atoms with Gasteiger partial charge in [0.05, 0.1) is 25.2 Å². The van der Waals surface area contributed by atoms with Crippen molar-refractivity contribution in [2.75, 3.05) is 44.8 Å². The molecule has 0 bridgehead atoms. The Morgan fingerprint density at radius 1 is 0.957 bits per heavy atom. The van der Waals surface area contributed by atoms with Gasteiger partial charge in [0.2, 0.25) is 5.91 Å². The average Bonchev–Trinajstić information content (AvgIpc) is 3.42. The Morgan fingerprint density at radius 3 is 2.24 bits per heavy atom. The second-order valence-electron chi connectivity index (χ2n) is 11.9. The third-order valence-electron chi connectivity index (χ3n) is 8.54. The predicted molar refractivity (Wildman–Crippen MR) is 172 cm³/mol. The third kappa shape index (κ3) is 7.62. The van der Waals surface area contributed by atoms with Gasteiger partial charge in [-0.15, -0.1) is 0 Å². The Balaban J connectivity index is 1.44. The molecule has 2 aliphatic heterocycles. The van der Waals surface area contributed by atoms with Gasteiger partial charge in [-0.1, -0.05) is 32.0 Å². The Morgan fingerprint density at radius 2 is 1.61 bits per heavy atom. The maximum atomic E-state index is 14.3. The van der Waals surface area contributed by atoms with E-state index in [1.54, 1.807) is 0 Å². The number of likely N-dealkylation sites (tertiary alicyclic amines) is 1. The van der Waals surface area contributed by atoms with Crippen molar-refractivity contribution in [3.63, 3.8) is 0 Å². The average molecular weight is 635 g/mol. The number of carbonyl (C=O) groups is 2. The molecule has 5 rings (SSSR count). The molecule has 9 nitrogen and oxygen atoms in total. The fraction of sp³-hybridized carbons (Fsp3) is 0.444. The Labute approximate surface area is 269 Å². The number of halogens is 1. The number of aryl methyl sites for hydroxylation is 2. The molecule has 46 heavy (non-hydrogen) atoms. The topological polar surface area (TPSA) is 107 Å². The highest BCUT2D eigenvalue weighted by Gasteiger charge is 2.48. The molecule has 3 atom stereocenters. The zero-order valence-corrected chi connectivity index (χ0v) is 26.9. The van der Waals surface area contributed by atoms with E-state index in [1.807, 2.05) is 75.1 Å². The molecule has 0 saturated carbocycles. The first-order valence-corrected chi connectivity index (χ1v) is 16.0. The number of hydrogen-bond acceptors (Lipinski definition) is 7. The molecule has 2 N–H and O–H groups in total. The Hall–Kier alpha value is -4.15. The molecule has 1 amide bonds. The monoisotopic (exact) mass is 634 g/mol. The molecule has 3 aromatic rings. The first-order chi connectivity index (χ1) is 22.2. The van der Waals surface area contributed by atoms with Gasteiger partial charge in [0.1, 0.15) is 31.4 Å². The number of carboxylic acid groups (broad SMARTS) is 1. The number of aliphatic carboxylic acids is 1. The van der Waals surface area contributed by atoms with E-state index in [-0.39, 0.29) is 24.4 Å². The van der Waals surface area contributed by atoms with Crippen LogP contribution in [0, 0.1) is 11.7 Å². The quantitative estimate of drug-likeness (QED) is 0.221. The van der Waals surface area contributed by atoms with E-state index in [9.17, 15) is 19.1 Å².